The van der Waals surface area contributed by atoms with Crippen LogP contribution in [-0.2, 0) is 41.5 Å². The Labute approximate surface area is 799 Å². The number of ether oxygens (including phenoxy) is 4. The summed E-state index contributed by atoms with van der Waals surface area (Å²) in [5.41, 5.74) is 6.76. The Morgan fingerprint density at radius 2 is 0.825 bits per heavy atom. The van der Waals surface area contributed by atoms with E-state index in [1.165, 1.54) is 43.1 Å². The first-order valence-electron chi connectivity index (χ1n) is 31.7. The molecule has 0 spiro atoms. The van der Waals surface area contributed by atoms with Gasteiger partial charge in [0.15, 0.2) is 12.6 Å². The largest absolute Gasteiger partial charge is 1.00 e. The molecule has 567 valence electrons. The van der Waals surface area contributed by atoms with Crippen LogP contribution in [0.2, 0.25) is 5.15 Å². The van der Waals surface area contributed by atoms with Crippen molar-refractivity contribution in [1.29, 1.82) is 0 Å². The maximum Gasteiger partial charge on any atom is 1.00 e. The minimum Gasteiger partial charge on any atom is -1.00 e. The molecule has 0 aliphatic carbocycles. The van der Waals surface area contributed by atoms with Crippen molar-refractivity contribution >= 4 is 156 Å². The molecule has 4 N–H and O–H groups in total. The summed E-state index contributed by atoms with van der Waals surface area (Å²) in [4.78, 5) is 79.9. The van der Waals surface area contributed by atoms with E-state index in [1.807, 2.05) is 39.8 Å². The summed E-state index contributed by atoms with van der Waals surface area (Å²) in [6.45, 7) is 42.4. The van der Waals surface area contributed by atoms with Crippen molar-refractivity contribution < 1.29 is 228 Å². The molecule has 3 aliphatic heterocycles. The Hall–Kier alpha value is -7.54. The first-order valence-corrected chi connectivity index (χ1v) is 32.9. The van der Waals surface area contributed by atoms with E-state index < -0.39 is 39.7 Å². The fourth-order valence-electron chi connectivity index (χ4n) is 8.65. The van der Waals surface area contributed by atoms with Crippen molar-refractivity contribution in [2.75, 3.05) is 14.3 Å². The summed E-state index contributed by atoms with van der Waals surface area (Å²) in [7, 11) is -2.31. The second kappa shape index (κ2) is 55.9. The summed E-state index contributed by atoms with van der Waals surface area (Å²) >= 11 is 11.9. The molecule has 1 saturated heterocycles. The van der Waals surface area contributed by atoms with Crippen molar-refractivity contribution in [2.24, 2.45) is 0 Å². The van der Waals surface area contributed by atoms with Crippen molar-refractivity contribution in [3.05, 3.63) is 282 Å². The third kappa shape index (κ3) is 34.0. The number of halogens is 5. The summed E-state index contributed by atoms with van der Waals surface area (Å²) in [6.07, 6.45) is 9.41. The zero-order valence-electron chi connectivity index (χ0n) is 65.0. The van der Waals surface area contributed by atoms with E-state index in [0.717, 1.165) is 41.7 Å². The van der Waals surface area contributed by atoms with Gasteiger partial charge in [-0.15, -0.1) is 12.4 Å². The summed E-state index contributed by atoms with van der Waals surface area (Å²) < 4.78 is 61.5. The second-order valence-electron chi connectivity index (χ2n) is 22.1. The van der Waals surface area contributed by atoms with Crippen LogP contribution in [0.5, 0.6) is 52.3 Å². The van der Waals surface area contributed by atoms with Gasteiger partial charge < -0.3 is 70.8 Å². The number of nitrogens with zero attached hydrogens (tertiary/aromatic N) is 10. The molecule has 114 heavy (non-hydrogen) atoms. The molecule has 10 aromatic rings. The average Bonchev–Trinajstić information content (AvgIpc) is 1.62. The number of carbonyl (C=O) groups is 4. The number of aromatic nitrogens is 5. The van der Waals surface area contributed by atoms with Gasteiger partial charge in [-0.3, -0.25) is 28.6 Å². The molecule has 28 nitrogen and oxygen atoms in total. The van der Waals surface area contributed by atoms with Crippen LogP contribution in [0.15, 0.2) is 192 Å². The maximum absolute atomic E-state index is 11.6. The van der Waals surface area contributed by atoms with Gasteiger partial charge in [0, 0.05) is 72.1 Å². The fraction of sp³-hybridized carbons (Fsp3) is 0.135. The topological polar surface area (TPSA) is 342 Å². The third-order valence-electron chi connectivity index (χ3n) is 14.6. The minimum atomic E-state index is -1.00. The number of hydrogen-bond donors (Lipinski definition) is 4. The molecule has 5 aromatic carbocycles. The van der Waals surface area contributed by atoms with Gasteiger partial charge in [-0.1, -0.05) is 67.7 Å². The third-order valence-corrected chi connectivity index (χ3v) is 16.3. The first-order chi connectivity index (χ1) is 52.9. The Balaban J connectivity index is -0.00000132. The molecule has 0 atom stereocenters. The zero-order valence-corrected chi connectivity index (χ0v) is 74.9. The van der Waals surface area contributed by atoms with Gasteiger partial charge in [-0.05, 0) is 183 Å². The first kappa shape index (κ1) is 104. The number of phenols is 1. The fourth-order valence-corrected chi connectivity index (χ4v) is 9.45. The Bertz CT molecular complexity index is 4850. The van der Waals surface area contributed by atoms with Gasteiger partial charge in [-0.25, -0.2) is 44.2 Å². The quantitative estimate of drug-likeness (QED) is 0.0295. The van der Waals surface area contributed by atoms with E-state index in [4.69, 9.17) is 104 Å². The van der Waals surface area contributed by atoms with Crippen LogP contribution < -0.4 is 173 Å². The van der Waals surface area contributed by atoms with Crippen molar-refractivity contribution in [3.8, 4) is 52.3 Å². The molecule has 8 heterocycles. The van der Waals surface area contributed by atoms with Gasteiger partial charge in [0.2, 0.25) is 52.0 Å². The van der Waals surface area contributed by atoms with Gasteiger partial charge in [-0.2, -0.15) is 0 Å². The molecular formula is C74H63B4Br2Cl2FK2N10NaO18. The van der Waals surface area contributed by atoms with E-state index in [-0.39, 0.29) is 168 Å². The number of aliphatic hydroxyl groups excluding tert-OH is 1. The zero-order chi connectivity index (χ0) is 80.8. The SMILES string of the molecule is CO.Cl.O=CO[O-].O=Cc1cc(O)ccc1Br.[2H]CF.[B].[C-]#[N+]c1ccc(Cl)nc1.[C-]#[N+]c1ccc(Oc2ccc(B3OC(C)(C)C(C)(C)O3)c(C=O)c2)nc1.[C-]#[N+]c1ccc(Oc2ccc(Br)c(C=O)c2)nc1.[C-]#[N+]c1ccc(Oc2ccc3c(c2)COB3O)nc1.[C-]#[N+]c1ccc(Oc2ccc3c(c2)COB3O)nc1.[H-].[H-].[K+].[K+].[Na+]. The number of aldehydes is 3. The number of benzene rings is 5. The molecule has 0 amide bonds. The standard InChI is InChI=1S/C19H19BN2O4.2C13H9BN2O3.C13H7BrN2O2.C7H5BrO2.C6H3ClN2.CH3F.CH2O3.CH4O.B.ClH.2K.Na.2H/c1-18(2)19(3,4)26-20(25-18)16-8-7-15(10-13(16)12-23)24-17-9-6-14(21-5)11-22-17;2*1-15-10-2-5-13(16-7-10)19-11-3-4-12-9(6-11)8-18-14(12)17;1-15-10-2-5-13(16-7-10)18-11-3-4-12(14)9(6-11)8-17;8-7-2-1-6(10)3-5(7)4-9;1-8-5-2-3-6(7)9-4-5;1-2;2-1-4-3;1-2;;;;;;;/h6-12H,1-4H3;2*2-7,17H,8H2;2-8H;1-4,10H;2-4H;1H3;1,3H;2H,1H3;;1H;;;;;/q;;;;;;;;;;;3*+1;2*-1/p-1/i;;;;;;1D;;;;;;;;;. The molecule has 0 unspecified atom stereocenters. The van der Waals surface area contributed by atoms with Crippen molar-refractivity contribution in [3.63, 3.8) is 0 Å². The van der Waals surface area contributed by atoms with Crippen molar-refractivity contribution in [2.45, 2.75) is 52.1 Å². The Morgan fingerprint density at radius 1 is 0.526 bits per heavy atom. The molecule has 0 saturated carbocycles. The number of alkyl halides is 1. The molecule has 5 aromatic heterocycles. The van der Waals surface area contributed by atoms with E-state index in [0.29, 0.717) is 131 Å². The number of aliphatic hydroxyl groups is 1. The van der Waals surface area contributed by atoms with Crippen LogP contribution in [0.4, 0.5) is 32.8 Å². The molecule has 40 heteroatoms. The Morgan fingerprint density at radius 3 is 1.12 bits per heavy atom. The molecule has 3 radical (unpaired) electrons. The number of pyridine rings is 5. The predicted molar refractivity (Wildman–Crippen MR) is 421 cm³/mol. The number of fused-ring (bicyclic) bond motifs is 2. The van der Waals surface area contributed by atoms with Crippen LogP contribution in [-0.4, -0.2) is 126 Å². The number of carbonyl (C=O) groups excluding carboxylic acids is 4. The van der Waals surface area contributed by atoms with E-state index in [9.17, 15) is 28.8 Å². The summed E-state index contributed by atoms with van der Waals surface area (Å²) in [6, 6.07) is 41.7. The monoisotopic (exact) mass is 1770 g/mol. The summed E-state index contributed by atoms with van der Waals surface area (Å²) in [5.74, 6) is 3.90. The van der Waals surface area contributed by atoms with Crippen LogP contribution in [0.3, 0.4) is 0 Å². The van der Waals surface area contributed by atoms with E-state index in [1.54, 1.807) is 127 Å². The Kier molecular flexibility index (Phi) is 51.2. The second-order valence-corrected chi connectivity index (χ2v) is 24.2. The smallest absolute Gasteiger partial charge is 1.00 e. The molecule has 3 aliphatic rings. The predicted octanol–water partition coefficient (Wildman–Crippen LogP) is 4.98. The van der Waals surface area contributed by atoms with E-state index >= 15 is 0 Å². The normalized spacial score (nSPS) is 11.7. The summed E-state index contributed by atoms with van der Waals surface area (Å²) in [5, 5.41) is 43.8. The minimum absolute atomic E-state index is 0. The van der Waals surface area contributed by atoms with Gasteiger partial charge in [0.05, 0.1) is 65.8 Å². The maximum atomic E-state index is 11.6. The number of aromatic hydroxyl groups is 1. The van der Waals surface area contributed by atoms with Crippen LogP contribution in [0.25, 0.3) is 24.2 Å². The van der Waals surface area contributed by atoms with Gasteiger partial charge >= 0.3 is 154 Å². The van der Waals surface area contributed by atoms with Crippen molar-refractivity contribution in [1.82, 2.24) is 24.9 Å². The number of phenolic OH excluding ortho intramolecular Hbond substituents is 1. The van der Waals surface area contributed by atoms with Gasteiger partial charge in [0.1, 0.15) is 40.2 Å². The average molecular weight is 1780 g/mol. The number of hydrogen-bond acceptors (Lipinski definition) is 23. The molecule has 13 rings (SSSR count). The van der Waals surface area contributed by atoms with Crippen LogP contribution >= 0.6 is 55.9 Å². The molecule has 1 fully saturated rings. The molecule has 0 bridgehead atoms. The van der Waals surface area contributed by atoms with Crippen LogP contribution in [0.1, 0.15) is 74.1 Å². The van der Waals surface area contributed by atoms with Gasteiger partial charge in [0.25, 0.3) is 6.47 Å². The number of rotatable bonds is 13. The van der Waals surface area contributed by atoms with E-state index in [2.05, 4.69) is 85.9 Å². The molecular weight excluding hydrogens is 1710 g/mol. The van der Waals surface area contributed by atoms with Crippen LogP contribution in [0, 0.1) is 32.9 Å².